The highest BCUT2D eigenvalue weighted by molar-refractivity contribution is 6.35. The molecule has 2 amide bonds. The van der Waals surface area contributed by atoms with Crippen LogP contribution in [0, 0.1) is 0 Å². The minimum atomic E-state index is -0.367. The molecule has 0 spiro atoms. The number of likely N-dealkylation sites (tertiary alicyclic amines) is 3. The number of halogens is 2. The van der Waals surface area contributed by atoms with E-state index in [4.69, 9.17) is 23.2 Å². The molecule has 7 heteroatoms. The number of nitrogens with zero attached hydrogens (tertiary/aromatic N) is 3. The van der Waals surface area contributed by atoms with Crippen LogP contribution in [0.25, 0.3) is 0 Å². The van der Waals surface area contributed by atoms with E-state index in [1.54, 1.807) is 23.1 Å². The molecule has 28 heavy (non-hydrogen) atoms. The van der Waals surface area contributed by atoms with Gasteiger partial charge in [0.25, 0.3) is 5.91 Å². The predicted octanol–water partition coefficient (Wildman–Crippen LogP) is 3.68. The molecule has 3 fully saturated rings. The molecule has 3 heterocycles. The topological polar surface area (TPSA) is 43.9 Å². The Balaban J connectivity index is 1.40. The summed E-state index contributed by atoms with van der Waals surface area (Å²) in [6, 6.07) is 5.10. The van der Waals surface area contributed by atoms with Gasteiger partial charge in [0.1, 0.15) is 6.04 Å². The number of amides is 2. The zero-order valence-electron chi connectivity index (χ0n) is 16.1. The second-order valence-corrected chi connectivity index (χ2v) is 8.99. The Kier molecular flexibility index (Phi) is 6.14. The van der Waals surface area contributed by atoms with Crippen LogP contribution in [-0.4, -0.2) is 71.3 Å². The first-order chi connectivity index (χ1) is 13.5. The van der Waals surface area contributed by atoms with E-state index in [2.05, 4.69) is 4.90 Å². The van der Waals surface area contributed by atoms with E-state index in [1.807, 2.05) is 4.90 Å². The van der Waals surface area contributed by atoms with E-state index in [9.17, 15) is 9.59 Å². The molecule has 0 bridgehead atoms. The summed E-state index contributed by atoms with van der Waals surface area (Å²) >= 11 is 12.1. The average Bonchev–Trinajstić information content (AvgIpc) is 3.38. The van der Waals surface area contributed by atoms with Crippen molar-refractivity contribution in [1.82, 2.24) is 14.7 Å². The molecule has 0 radical (unpaired) electrons. The SMILES string of the molecule is O=C(C1CCCN1C(=O)c1cc(Cl)cc(Cl)c1)N1CCC(N2CCCC2)CC1. The molecule has 3 saturated heterocycles. The van der Waals surface area contributed by atoms with Gasteiger partial charge in [0.05, 0.1) is 0 Å². The third kappa shape index (κ3) is 4.17. The summed E-state index contributed by atoms with van der Waals surface area (Å²) in [6.07, 6.45) is 6.25. The molecule has 1 aromatic carbocycles. The summed E-state index contributed by atoms with van der Waals surface area (Å²) in [5.74, 6) is -0.0638. The summed E-state index contributed by atoms with van der Waals surface area (Å²) in [4.78, 5) is 32.4. The lowest BCUT2D eigenvalue weighted by atomic mass is 10.0. The summed E-state index contributed by atoms with van der Waals surface area (Å²) in [6.45, 7) is 4.59. The number of benzene rings is 1. The number of hydrogen-bond donors (Lipinski definition) is 0. The third-order valence-corrected chi connectivity index (χ3v) is 6.78. The van der Waals surface area contributed by atoms with Crippen LogP contribution in [0.1, 0.15) is 48.9 Å². The second kappa shape index (κ2) is 8.60. The van der Waals surface area contributed by atoms with Crippen LogP contribution in [0.4, 0.5) is 0 Å². The van der Waals surface area contributed by atoms with Gasteiger partial charge in [-0.05, 0) is 69.8 Å². The normalized spacial score (nSPS) is 24.1. The van der Waals surface area contributed by atoms with Crippen molar-refractivity contribution >= 4 is 35.0 Å². The summed E-state index contributed by atoms with van der Waals surface area (Å²) < 4.78 is 0. The lowest BCUT2D eigenvalue weighted by Crippen LogP contribution is -2.52. The van der Waals surface area contributed by atoms with E-state index < -0.39 is 0 Å². The van der Waals surface area contributed by atoms with Crippen molar-refractivity contribution in [2.24, 2.45) is 0 Å². The van der Waals surface area contributed by atoms with Crippen LogP contribution < -0.4 is 0 Å². The van der Waals surface area contributed by atoms with Crippen molar-refractivity contribution in [3.8, 4) is 0 Å². The van der Waals surface area contributed by atoms with Crippen molar-refractivity contribution in [2.45, 2.75) is 50.6 Å². The first kappa shape index (κ1) is 20.0. The van der Waals surface area contributed by atoms with Crippen molar-refractivity contribution in [2.75, 3.05) is 32.7 Å². The van der Waals surface area contributed by atoms with Gasteiger partial charge in [0.15, 0.2) is 0 Å². The van der Waals surface area contributed by atoms with Gasteiger partial charge in [-0.2, -0.15) is 0 Å². The summed E-state index contributed by atoms with van der Waals surface area (Å²) in [7, 11) is 0. The van der Waals surface area contributed by atoms with Crippen LogP contribution in [0.5, 0.6) is 0 Å². The first-order valence-electron chi connectivity index (χ1n) is 10.3. The highest BCUT2D eigenvalue weighted by Crippen LogP contribution is 2.27. The largest absolute Gasteiger partial charge is 0.341 e. The Morgan fingerprint density at radius 1 is 0.821 bits per heavy atom. The van der Waals surface area contributed by atoms with Crippen LogP contribution in [0.15, 0.2) is 18.2 Å². The van der Waals surface area contributed by atoms with Gasteiger partial charge in [0, 0.05) is 41.3 Å². The van der Waals surface area contributed by atoms with Gasteiger partial charge in [-0.3, -0.25) is 9.59 Å². The quantitative estimate of drug-likeness (QED) is 0.744. The molecule has 3 aliphatic rings. The minimum absolute atomic E-state index is 0.0962. The first-order valence-corrected chi connectivity index (χ1v) is 11.1. The molecule has 3 aliphatic heterocycles. The van der Waals surface area contributed by atoms with Gasteiger partial charge < -0.3 is 14.7 Å². The molecule has 5 nitrogen and oxygen atoms in total. The van der Waals surface area contributed by atoms with Crippen molar-refractivity contribution < 1.29 is 9.59 Å². The fourth-order valence-corrected chi connectivity index (χ4v) is 5.40. The number of carbonyl (C=O) groups excluding carboxylic acids is 2. The molecule has 1 unspecified atom stereocenters. The number of rotatable bonds is 3. The average molecular weight is 424 g/mol. The van der Waals surface area contributed by atoms with Crippen LogP contribution >= 0.6 is 23.2 Å². The van der Waals surface area contributed by atoms with Gasteiger partial charge in [-0.15, -0.1) is 0 Å². The zero-order valence-corrected chi connectivity index (χ0v) is 17.6. The molecular weight excluding hydrogens is 397 g/mol. The number of carbonyl (C=O) groups is 2. The van der Waals surface area contributed by atoms with Crippen LogP contribution in [0.2, 0.25) is 10.0 Å². The maximum atomic E-state index is 13.2. The van der Waals surface area contributed by atoms with E-state index in [-0.39, 0.29) is 17.9 Å². The van der Waals surface area contributed by atoms with E-state index in [0.29, 0.717) is 28.2 Å². The van der Waals surface area contributed by atoms with E-state index in [0.717, 1.165) is 38.8 Å². The molecule has 0 aliphatic carbocycles. The lowest BCUT2D eigenvalue weighted by Gasteiger charge is -2.38. The Morgan fingerprint density at radius 2 is 1.46 bits per heavy atom. The monoisotopic (exact) mass is 423 g/mol. The predicted molar refractivity (Wildman–Crippen MR) is 111 cm³/mol. The van der Waals surface area contributed by atoms with Gasteiger partial charge in [-0.1, -0.05) is 23.2 Å². The highest BCUT2D eigenvalue weighted by Gasteiger charge is 2.38. The highest BCUT2D eigenvalue weighted by atomic mass is 35.5. The smallest absolute Gasteiger partial charge is 0.254 e. The summed E-state index contributed by atoms with van der Waals surface area (Å²) in [5, 5.41) is 0.865. The fourth-order valence-electron chi connectivity index (χ4n) is 4.88. The molecule has 0 aromatic heterocycles. The van der Waals surface area contributed by atoms with Gasteiger partial charge in [-0.25, -0.2) is 0 Å². The fraction of sp³-hybridized carbons (Fsp3) is 0.619. The Labute approximate surface area is 176 Å². The molecule has 0 saturated carbocycles. The Morgan fingerprint density at radius 3 is 2.11 bits per heavy atom. The van der Waals surface area contributed by atoms with Gasteiger partial charge in [0.2, 0.25) is 5.91 Å². The van der Waals surface area contributed by atoms with Gasteiger partial charge >= 0.3 is 0 Å². The standard InChI is InChI=1S/C21H27Cl2N3O2/c22-16-12-15(13-17(23)14-16)20(27)26-9-3-4-19(26)21(28)25-10-5-18(6-11-25)24-7-1-2-8-24/h12-14,18-19H,1-11H2. The summed E-state index contributed by atoms with van der Waals surface area (Å²) in [5.41, 5.74) is 0.449. The maximum absolute atomic E-state index is 13.2. The minimum Gasteiger partial charge on any atom is -0.341 e. The Hall–Kier alpha value is -1.30. The van der Waals surface area contributed by atoms with Crippen molar-refractivity contribution in [3.63, 3.8) is 0 Å². The lowest BCUT2D eigenvalue weighted by molar-refractivity contribution is -0.136. The number of hydrogen-bond acceptors (Lipinski definition) is 3. The molecule has 152 valence electrons. The molecule has 1 aromatic rings. The van der Waals surface area contributed by atoms with Crippen LogP contribution in [0.3, 0.4) is 0 Å². The number of piperidine rings is 1. The molecule has 4 rings (SSSR count). The van der Waals surface area contributed by atoms with E-state index >= 15 is 0 Å². The van der Waals surface area contributed by atoms with Crippen molar-refractivity contribution in [3.05, 3.63) is 33.8 Å². The zero-order chi connectivity index (χ0) is 19.7. The molecular formula is C21H27Cl2N3O2. The molecule has 1 atom stereocenters. The Bertz CT molecular complexity index is 723. The van der Waals surface area contributed by atoms with Crippen LogP contribution in [-0.2, 0) is 4.79 Å². The second-order valence-electron chi connectivity index (χ2n) is 8.11. The van der Waals surface area contributed by atoms with E-state index in [1.165, 1.54) is 25.9 Å². The van der Waals surface area contributed by atoms with Crippen molar-refractivity contribution in [1.29, 1.82) is 0 Å². The third-order valence-electron chi connectivity index (χ3n) is 6.34. The molecule has 0 N–H and O–H groups in total. The maximum Gasteiger partial charge on any atom is 0.254 e.